The normalized spacial score (nSPS) is 12.7. The average molecular weight is 402 g/mol. The quantitative estimate of drug-likeness (QED) is 0.227. The number of amides is 1. The number of hydrogen-bond donors (Lipinski definition) is 3. The molecule has 0 saturated carbocycles. The number of quaternary nitrogens is 1. The number of rotatable bonds is 19. The summed E-state index contributed by atoms with van der Waals surface area (Å²) >= 11 is 0. The molecule has 0 saturated heterocycles. The van der Waals surface area contributed by atoms with Crippen LogP contribution in [0, 0.1) is 0 Å². The number of aliphatic hydroxyl groups excluding tert-OH is 1. The van der Waals surface area contributed by atoms with Crippen molar-refractivity contribution < 1.29 is 24.3 Å². The van der Waals surface area contributed by atoms with Gasteiger partial charge in [0.2, 0.25) is 5.91 Å². The number of nitrogens with one attached hydrogen (secondary N) is 1. The van der Waals surface area contributed by atoms with Crippen molar-refractivity contribution in [3.8, 4) is 0 Å². The lowest BCUT2D eigenvalue weighted by Crippen LogP contribution is -2.56. The van der Waals surface area contributed by atoms with Crippen LogP contribution < -0.4 is 5.32 Å². The molecule has 0 aliphatic heterocycles. The summed E-state index contributed by atoms with van der Waals surface area (Å²) in [5, 5.41) is 22.1. The molecule has 28 heavy (non-hydrogen) atoms. The third-order valence-electron chi connectivity index (χ3n) is 5.70. The first-order valence-corrected chi connectivity index (χ1v) is 11.4. The fourth-order valence-electron chi connectivity index (χ4n) is 3.66. The number of carboxylic acids is 1. The minimum absolute atomic E-state index is 0.00336. The molecule has 166 valence electrons. The van der Waals surface area contributed by atoms with Gasteiger partial charge in [0.25, 0.3) is 0 Å². The first kappa shape index (κ1) is 26.9. The van der Waals surface area contributed by atoms with Gasteiger partial charge in [-0.3, -0.25) is 4.79 Å². The predicted molar refractivity (Wildman–Crippen MR) is 114 cm³/mol. The molecule has 0 radical (unpaired) electrons. The summed E-state index contributed by atoms with van der Waals surface area (Å²) in [5.41, 5.74) is 0. The van der Waals surface area contributed by atoms with Gasteiger partial charge in [-0.15, -0.1) is 0 Å². The van der Waals surface area contributed by atoms with Crippen LogP contribution in [0.1, 0.15) is 91.4 Å². The summed E-state index contributed by atoms with van der Waals surface area (Å²) in [6, 6.07) is 0. The Labute approximate surface area is 172 Å². The van der Waals surface area contributed by atoms with Gasteiger partial charge in [0.05, 0.1) is 13.1 Å². The second-order valence-corrected chi connectivity index (χ2v) is 8.10. The second-order valence-electron chi connectivity index (χ2n) is 8.10. The zero-order valence-corrected chi connectivity index (χ0v) is 18.5. The van der Waals surface area contributed by atoms with Crippen molar-refractivity contribution in [1.29, 1.82) is 0 Å². The molecule has 0 aliphatic rings. The van der Waals surface area contributed by atoms with Gasteiger partial charge < -0.3 is 20.0 Å². The summed E-state index contributed by atoms with van der Waals surface area (Å²) in [5.74, 6) is -0.885. The van der Waals surface area contributed by atoms with Gasteiger partial charge in [-0.1, -0.05) is 64.7 Å². The molecule has 0 spiro atoms. The minimum Gasteiger partial charge on any atom is -0.477 e. The molecule has 6 heteroatoms. The fraction of sp³-hybridized carbons (Fsp3) is 0.909. The smallest absolute Gasteiger partial charge is 0.359 e. The average Bonchev–Trinajstić information content (AvgIpc) is 2.66. The third kappa shape index (κ3) is 13.9. The molecule has 0 heterocycles. The lowest BCUT2D eigenvalue weighted by Gasteiger charge is -2.36. The van der Waals surface area contributed by atoms with Crippen molar-refractivity contribution in [1.82, 2.24) is 5.32 Å². The van der Waals surface area contributed by atoms with E-state index in [1.807, 2.05) is 13.8 Å². The molecular formula is C22H45N2O4+. The van der Waals surface area contributed by atoms with Crippen molar-refractivity contribution in [2.24, 2.45) is 0 Å². The zero-order chi connectivity index (χ0) is 21.3. The molecule has 0 fully saturated rings. The lowest BCUT2D eigenvalue weighted by molar-refractivity contribution is -0.920. The second kappa shape index (κ2) is 16.8. The maximum absolute atomic E-state index is 11.9. The number of hydrogen-bond acceptors (Lipinski definition) is 3. The van der Waals surface area contributed by atoms with Gasteiger partial charge in [0.15, 0.2) is 6.54 Å². The third-order valence-corrected chi connectivity index (χ3v) is 5.70. The number of nitrogens with zero attached hydrogens (tertiary/aromatic N) is 1. The van der Waals surface area contributed by atoms with E-state index >= 15 is 0 Å². The van der Waals surface area contributed by atoms with Crippen LogP contribution in [-0.2, 0) is 9.59 Å². The Morgan fingerprint density at radius 2 is 1.36 bits per heavy atom. The van der Waals surface area contributed by atoms with Crippen LogP contribution in [0.15, 0.2) is 0 Å². The summed E-state index contributed by atoms with van der Waals surface area (Å²) in [7, 11) is 0. The van der Waals surface area contributed by atoms with Crippen LogP contribution >= 0.6 is 0 Å². The number of aliphatic carboxylic acids is 1. The van der Waals surface area contributed by atoms with E-state index in [2.05, 4.69) is 12.2 Å². The molecule has 0 rings (SSSR count). The maximum atomic E-state index is 11.9. The fourth-order valence-corrected chi connectivity index (χ4v) is 3.66. The Morgan fingerprint density at radius 3 is 1.82 bits per heavy atom. The number of aliphatic hydroxyl groups is 1. The van der Waals surface area contributed by atoms with Crippen molar-refractivity contribution in [3.63, 3.8) is 0 Å². The van der Waals surface area contributed by atoms with E-state index in [-0.39, 0.29) is 19.0 Å². The number of carbonyl (C=O) groups excluding carboxylic acids is 1. The van der Waals surface area contributed by atoms with E-state index in [0.717, 1.165) is 12.8 Å². The molecular weight excluding hydrogens is 356 g/mol. The van der Waals surface area contributed by atoms with Crippen molar-refractivity contribution in [2.75, 3.05) is 32.7 Å². The van der Waals surface area contributed by atoms with Crippen LogP contribution in [-0.4, -0.2) is 65.4 Å². The van der Waals surface area contributed by atoms with Gasteiger partial charge >= 0.3 is 5.97 Å². The predicted octanol–water partition coefficient (Wildman–Crippen LogP) is 3.72. The highest BCUT2D eigenvalue weighted by atomic mass is 16.4. The van der Waals surface area contributed by atoms with Crippen LogP contribution in [0.25, 0.3) is 0 Å². The number of likely N-dealkylation sites (N-methyl/N-ethyl adjacent to an activating group) is 1. The van der Waals surface area contributed by atoms with Crippen LogP contribution in [0.2, 0.25) is 0 Å². The largest absolute Gasteiger partial charge is 0.477 e. The molecule has 3 N–H and O–H groups in total. The number of unbranched alkanes of at least 4 members (excludes halogenated alkanes) is 9. The minimum atomic E-state index is -0.860. The molecule has 1 amide bonds. The van der Waals surface area contributed by atoms with E-state index in [0.29, 0.717) is 30.5 Å². The summed E-state index contributed by atoms with van der Waals surface area (Å²) in [6.45, 7) is 7.93. The highest BCUT2D eigenvalue weighted by Gasteiger charge is 2.29. The molecule has 0 unspecified atom stereocenters. The van der Waals surface area contributed by atoms with Gasteiger partial charge in [-0.25, -0.2) is 4.79 Å². The molecule has 0 bridgehead atoms. The molecule has 6 nitrogen and oxygen atoms in total. The number of carbonyl (C=O) groups is 2. The Balaban J connectivity index is 3.81. The Kier molecular flexibility index (Phi) is 16.1. The van der Waals surface area contributed by atoms with E-state index in [9.17, 15) is 14.7 Å². The zero-order valence-electron chi connectivity index (χ0n) is 18.5. The SMILES string of the molecule is CCCCCCCCCCCCC(=O)NC[C@H](O)C[N+](CC)(CC)CC(=O)O. The molecule has 0 aromatic heterocycles. The topological polar surface area (TPSA) is 86.6 Å². The van der Waals surface area contributed by atoms with E-state index in [4.69, 9.17) is 5.11 Å². The molecule has 0 aromatic carbocycles. The summed E-state index contributed by atoms with van der Waals surface area (Å²) < 4.78 is 0.324. The van der Waals surface area contributed by atoms with Crippen molar-refractivity contribution in [2.45, 2.75) is 97.5 Å². The summed E-state index contributed by atoms with van der Waals surface area (Å²) in [6.07, 6.45) is 12.2. The Hall–Kier alpha value is -1.14. The molecule has 1 atom stereocenters. The van der Waals surface area contributed by atoms with E-state index < -0.39 is 12.1 Å². The first-order valence-electron chi connectivity index (χ1n) is 11.4. The van der Waals surface area contributed by atoms with Gasteiger partial charge in [-0.2, -0.15) is 0 Å². The lowest BCUT2D eigenvalue weighted by atomic mass is 10.1. The van der Waals surface area contributed by atoms with Crippen LogP contribution in [0.3, 0.4) is 0 Å². The van der Waals surface area contributed by atoms with Crippen LogP contribution in [0.5, 0.6) is 0 Å². The standard InChI is InChI=1S/C22H44N2O4/c1-4-7-8-9-10-11-12-13-14-15-16-21(26)23-17-20(25)18-24(5-2,6-3)19-22(27)28/h20,25H,4-19H2,1-3H3,(H-,23,26,27,28)/p+1/t20-/m0/s1. The van der Waals surface area contributed by atoms with Gasteiger partial charge in [0.1, 0.15) is 12.6 Å². The highest BCUT2D eigenvalue weighted by Crippen LogP contribution is 2.11. The highest BCUT2D eigenvalue weighted by molar-refractivity contribution is 5.75. The van der Waals surface area contributed by atoms with Crippen LogP contribution in [0.4, 0.5) is 0 Å². The molecule has 0 aromatic rings. The van der Waals surface area contributed by atoms with E-state index in [1.165, 1.54) is 51.4 Å². The molecule has 0 aliphatic carbocycles. The van der Waals surface area contributed by atoms with E-state index in [1.54, 1.807) is 0 Å². The summed E-state index contributed by atoms with van der Waals surface area (Å²) in [4.78, 5) is 23.0. The monoisotopic (exact) mass is 401 g/mol. The maximum Gasteiger partial charge on any atom is 0.359 e. The first-order chi connectivity index (χ1) is 13.4. The number of carboxylic acid groups (broad SMARTS) is 1. The van der Waals surface area contributed by atoms with Crippen molar-refractivity contribution >= 4 is 11.9 Å². The van der Waals surface area contributed by atoms with Gasteiger partial charge in [-0.05, 0) is 20.3 Å². The van der Waals surface area contributed by atoms with Gasteiger partial charge in [0, 0.05) is 13.0 Å². The Bertz CT molecular complexity index is 411. The van der Waals surface area contributed by atoms with Crippen molar-refractivity contribution in [3.05, 3.63) is 0 Å². The Morgan fingerprint density at radius 1 is 0.857 bits per heavy atom.